The topological polar surface area (TPSA) is 61.7 Å². The first-order valence-corrected chi connectivity index (χ1v) is 16.9. The summed E-state index contributed by atoms with van der Waals surface area (Å²) in [6.07, 6.45) is 0. The van der Waals surface area contributed by atoms with Gasteiger partial charge in [0, 0.05) is 43.4 Å². The first-order chi connectivity index (χ1) is 39.5. The molecule has 0 saturated heterocycles. The van der Waals surface area contributed by atoms with E-state index in [1.165, 1.54) is 24.3 Å². The molecule has 0 unspecified atom stereocenters. The van der Waals surface area contributed by atoms with E-state index in [9.17, 15) is 8.22 Å². The minimum absolute atomic E-state index is 0.185. The molecule has 6 nitrogen and oxygen atoms in total. The molecule has 0 atom stereocenters. The molecular weight excluding hydrogens is 699 g/mol. The Morgan fingerprint density at radius 2 is 0.947 bits per heavy atom. The average molecular weight is 757 g/mol. The van der Waals surface area contributed by atoms with Crippen LogP contribution < -0.4 is 0 Å². The molecule has 0 radical (unpaired) electrons. The van der Waals surface area contributed by atoms with E-state index in [-0.39, 0.29) is 33.1 Å². The van der Waals surface area contributed by atoms with Crippen LogP contribution in [-0.2, 0) is 0 Å². The maximum Gasteiger partial charge on any atom is 0.238 e. The molecule has 266 valence electrons. The van der Waals surface area contributed by atoms with Crippen LogP contribution in [0.3, 0.4) is 0 Å². The van der Waals surface area contributed by atoms with Gasteiger partial charge in [0.1, 0.15) is 11.2 Å². The van der Waals surface area contributed by atoms with Crippen LogP contribution in [-0.4, -0.2) is 24.1 Å². The van der Waals surface area contributed by atoms with Gasteiger partial charge in [-0.2, -0.15) is 9.97 Å². The Balaban J connectivity index is 1.33. The zero-order valence-corrected chi connectivity index (χ0v) is 28.5. The van der Waals surface area contributed by atoms with E-state index in [2.05, 4.69) is 0 Å². The summed E-state index contributed by atoms with van der Waals surface area (Å²) in [5.74, 6) is -2.18. The molecule has 0 saturated carbocycles. The third-order valence-electron chi connectivity index (χ3n) is 9.32. The van der Waals surface area contributed by atoms with Crippen molar-refractivity contribution in [2.45, 2.75) is 0 Å². The SMILES string of the molecule is [2H]c1c([2H])c([2H])c(-c2c([2H])c(-c3nc(-c4ccccc4-n4c5c([2H])c([2H])c([2H])c([2H])c5c5c([2H])c([2H])c([2H])c([2H])c54)nc(-n4c5c([2H])c([2H])c([2H])c([2H])c5c5c([2H])c([2H])c([2H])c([2H])c54)n3)c([2H])c3oc4c([2H])c([2H])c([2H])c([2H])c4c23)c([2H])c1[2H]. The predicted octanol–water partition coefficient (Wildman–Crippen LogP) is 13.0. The fourth-order valence-corrected chi connectivity index (χ4v) is 6.99. The zero-order chi connectivity index (χ0) is 60.9. The van der Waals surface area contributed by atoms with E-state index in [1.807, 2.05) is 0 Å². The van der Waals surface area contributed by atoms with Gasteiger partial charge in [-0.3, -0.25) is 4.57 Å². The van der Waals surface area contributed by atoms with E-state index < -0.39 is 241 Å². The predicted molar refractivity (Wildman–Crippen MR) is 232 cm³/mol. The van der Waals surface area contributed by atoms with Crippen LogP contribution in [0.2, 0.25) is 0 Å². The second kappa shape index (κ2) is 12.3. The highest BCUT2D eigenvalue weighted by atomic mass is 16.3. The number of hydrogen-bond donors (Lipinski definition) is 0. The van der Waals surface area contributed by atoms with Gasteiger partial charge in [-0.25, -0.2) is 4.98 Å². The Kier molecular flexibility index (Phi) is 3.25. The molecule has 0 spiro atoms. The van der Waals surface area contributed by atoms with E-state index >= 15 is 0 Å². The second-order valence-electron chi connectivity index (χ2n) is 12.4. The molecule has 0 fully saturated rings. The molecular formula is C51H31N5O. The van der Waals surface area contributed by atoms with E-state index in [0.29, 0.717) is 0 Å². The molecule has 4 heterocycles. The normalized spacial score (nSPS) is 18.5. The summed E-state index contributed by atoms with van der Waals surface area (Å²) in [5.41, 5.74) is -5.61. The number of hydrogen-bond acceptors (Lipinski definition) is 4. The van der Waals surface area contributed by atoms with Crippen molar-refractivity contribution < 1.29 is 41.4 Å². The summed E-state index contributed by atoms with van der Waals surface area (Å²) in [4.78, 5) is 14.2. The first-order valence-electron chi connectivity index (χ1n) is 30.4. The van der Waals surface area contributed by atoms with E-state index in [1.54, 1.807) is 0 Å². The minimum Gasteiger partial charge on any atom is -0.456 e. The molecule has 0 bridgehead atoms. The van der Waals surface area contributed by atoms with Crippen LogP contribution >= 0.6 is 0 Å². The zero-order valence-electron chi connectivity index (χ0n) is 55.5. The van der Waals surface area contributed by atoms with Crippen molar-refractivity contribution in [1.82, 2.24) is 24.1 Å². The van der Waals surface area contributed by atoms with Gasteiger partial charge in [0.2, 0.25) is 5.95 Å². The van der Waals surface area contributed by atoms with Crippen molar-refractivity contribution in [2.24, 2.45) is 0 Å². The van der Waals surface area contributed by atoms with Crippen LogP contribution in [0.15, 0.2) is 192 Å². The van der Waals surface area contributed by atoms with Crippen LogP contribution in [0.25, 0.3) is 111 Å². The van der Waals surface area contributed by atoms with Crippen molar-refractivity contribution in [3.8, 4) is 45.5 Å². The molecule has 0 amide bonds. The number of nitrogens with zero attached hydrogens (tertiary/aromatic N) is 5. The van der Waals surface area contributed by atoms with Crippen LogP contribution in [0, 0.1) is 0 Å². The van der Waals surface area contributed by atoms with Gasteiger partial charge in [-0.05, 0) is 65.6 Å². The lowest BCUT2D eigenvalue weighted by Crippen LogP contribution is -2.08. The van der Waals surface area contributed by atoms with E-state index in [0.717, 1.165) is 9.13 Å². The van der Waals surface area contributed by atoms with E-state index in [4.69, 9.17) is 48.2 Å². The summed E-state index contributed by atoms with van der Waals surface area (Å²) in [7, 11) is 0. The maximum absolute atomic E-state index is 10.1. The quantitative estimate of drug-likeness (QED) is 0.175. The number of rotatable bonds is 5. The Morgan fingerprint density at radius 1 is 0.421 bits per heavy atom. The smallest absolute Gasteiger partial charge is 0.238 e. The van der Waals surface area contributed by atoms with Gasteiger partial charge in [-0.1, -0.05) is 133 Å². The lowest BCUT2D eigenvalue weighted by atomic mass is 9.97. The lowest BCUT2D eigenvalue weighted by molar-refractivity contribution is 0.669. The molecule has 0 aliphatic carbocycles. The number of aromatic nitrogens is 5. The number of benzene rings is 8. The highest BCUT2D eigenvalue weighted by Crippen LogP contribution is 2.41. The molecule has 0 N–H and O–H groups in total. The number of para-hydroxylation sites is 6. The van der Waals surface area contributed by atoms with Gasteiger partial charge < -0.3 is 8.98 Å². The van der Waals surface area contributed by atoms with Crippen molar-refractivity contribution >= 4 is 65.6 Å². The fourth-order valence-electron chi connectivity index (χ4n) is 6.99. The summed E-state index contributed by atoms with van der Waals surface area (Å²) >= 11 is 0. The van der Waals surface area contributed by atoms with Crippen LogP contribution in [0.4, 0.5) is 0 Å². The lowest BCUT2D eigenvalue weighted by Gasteiger charge is -2.15. The third kappa shape index (κ3) is 4.81. The van der Waals surface area contributed by atoms with Gasteiger partial charge in [0.05, 0.1) is 64.8 Å². The van der Waals surface area contributed by atoms with Crippen LogP contribution in [0.5, 0.6) is 0 Å². The number of furan rings is 1. The van der Waals surface area contributed by atoms with Crippen molar-refractivity contribution in [1.29, 1.82) is 0 Å². The maximum atomic E-state index is 10.1. The minimum atomic E-state index is -0.946. The molecule has 0 aliphatic rings. The summed E-state index contributed by atoms with van der Waals surface area (Å²) in [5, 5.41) is -2.51. The van der Waals surface area contributed by atoms with Gasteiger partial charge >= 0.3 is 0 Å². The van der Waals surface area contributed by atoms with Gasteiger partial charge in [-0.15, -0.1) is 0 Å². The number of fused-ring (bicyclic) bond motifs is 9. The average Bonchev–Trinajstić information content (AvgIpc) is 4.40. The standard InChI is InChI=1S/C51H31N5O/c1-2-16-32(17-3-1)40-30-33(31-47-48(40)39-23-9-15-29-46(39)57-47)49-52-50(54-51(53-49)56-43-26-12-6-20-36(43)37-21-7-13-27-44(37)56)38-22-8-14-28-45(38)55-41-24-10-4-18-34(41)35-19-5-11-25-42(35)55/h1-31H/i1D,2D,3D,4D,5D,6D,7D,9D,10D,11D,12D,13D,15D,16D,17D,18D,19D,20D,21D,23D,24D,25D,26D,27D,29D,30D,31D. The summed E-state index contributed by atoms with van der Waals surface area (Å²) in [6.45, 7) is 0. The van der Waals surface area contributed by atoms with Crippen molar-refractivity contribution in [2.75, 3.05) is 0 Å². The first kappa shape index (κ1) is 15.0. The highest BCUT2D eigenvalue weighted by molar-refractivity contribution is 6.14. The van der Waals surface area contributed by atoms with Crippen LogP contribution in [0.1, 0.15) is 37.0 Å². The Hall–Kier alpha value is -7.83. The largest absolute Gasteiger partial charge is 0.456 e. The molecule has 12 rings (SSSR count). The Morgan fingerprint density at radius 3 is 1.60 bits per heavy atom. The molecule has 57 heavy (non-hydrogen) atoms. The highest BCUT2D eigenvalue weighted by Gasteiger charge is 2.22. The Labute approximate surface area is 364 Å². The molecule has 12 aromatic rings. The molecule has 0 aliphatic heterocycles. The molecule has 8 aromatic carbocycles. The van der Waals surface area contributed by atoms with Crippen molar-refractivity contribution in [3.63, 3.8) is 0 Å². The summed E-state index contributed by atoms with van der Waals surface area (Å²) < 4.78 is 250. The monoisotopic (exact) mass is 756 g/mol. The van der Waals surface area contributed by atoms with Gasteiger partial charge in [0.15, 0.2) is 11.6 Å². The second-order valence-corrected chi connectivity index (χ2v) is 12.4. The molecule has 6 heteroatoms. The molecule has 4 aromatic heterocycles. The van der Waals surface area contributed by atoms with Gasteiger partial charge in [0.25, 0.3) is 0 Å². The summed E-state index contributed by atoms with van der Waals surface area (Å²) in [6, 6.07) is -16.3. The third-order valence-corrected chi connectivity index (χ3v) is 9.32. The fraction of sp³-hybridized carbons (Fsp3) is 0. The van der Waals surface area contributed by atoms with Crippen molar-refractivity contribution in [3.05, 3.63) is 187 Å². The Bertz CT molecular complexity index is 4940.